The van der Waals surface area contributed by atoms with Crippen LogP contribution in [0.15, 0.2) is 22.7 Å². The van der Waals surface area contributed by atoms with Gasteiger partial charge in [-0.15, -0.1) is 0 Å². The summed E-state index contributed by atoms with van der Waals surface area (Å²) in [6.45, 7) is 1.91. The van der Waals surface area contributed by atoms with Gasteiger partial charge in [-0.2, -0.15) is 5.26 Å². The fourth-order valence-electron chi connectivity index (χ4n) is 1.07. The van der Waals surface area contributed by atoms with Crippen molar-refractivity contribution in [3.8, 4) is 6.07 Å². The van der Waals surface area contributed by atoms with E-state index in [0.717, 1.165) is 10.0 Å². The molecule has 13 heavy (non-hydrogen) atoms. The predicted octanol–water partition coefficient (Wildman–Crippen LogP) is 2.85. The molecule has 0 aliphatic rings. The predicted molar refractivity (Wildman–Crippen MR) is 53.4 cm³/mol. The lowest BCUT2D eigenvalue weighted by atomic mass is 10.1. The van der Waals surface area contributed by atoms with Gasteiger partial charge in [0.15, 0.2) is 5.78 Å². The van der Waals surface area contributed by atoms with Gasteiger partial charge < -0.3 is 0 Å². The second kappa shape index (κ2) is 4.20. The SMILES string of the molecule is Cc1cc(Br)cc(C(=O)CC#N)c1. The molecule has 0 spiro atoms. The molecule has 1 aromatic carbocycles. The van der Waals surface area contributed by atoms with E-state index in [1.807, 2.05) is 19.1 Å². The van der Waals surface area contributed by atoms with Gasteiger partial charge in [0.1, 0.15) is 0 Å². The fourth-order valence-corrected chi connectivity index (χ4v) is 1.68. The number of ketones is 1. The van der Waals surface area contributed by atoms with Gasteiger partial charge >= 0.3 is 0 Å². The van der Waals surface area contributed by atoms with Crippen LogP contribution in [0.25, 0.3) is 0 Å². The highest BCUT2D eigenvalue weighted by molar-refractivity contribution is 9.10. The highest BCUT2D eigenvalue weighted by atomic mass is 79.9. The molecule has 2 nitrogen and oxygen atoms in total. The van der Waals surface area contributed by atoms with Crippen LogP contribution in [0.5, 0.6) is 0 Å². The van der Waals surface area contributed by atoms with E-state index in [1.165, 1.54) is 0 Å². The summed E-state index contributed by atoms with van der Waals surface area (Å²) in [6, 6.07) is 7.27. The molecule has 0 saturated heterocycles. The number of nitriles is 1. The Kier molecular flexibility index (Phi) is 3.21. The normalized spacial score (nSPS) is 9.31. The van der Waals surface area contributed by atoms with E-state index >= 15 is 0 Å². The van der Waals surface area contributed by atoms with Gasteiger partial charge in [0.05, 0.1) is 12.5 Å². The molecule has 0 aliphatic heterocycles. The van der Waals surface area contributed by atoms with Crippen LogP contribution in [0.3, 0.4) is 0 Å². The largest absolute Gasteiger partial charge is 0.293 e. The molecule has 0 heterocycles. The minimum absolute atomic E-state index is 0.0596. The third kappa shape index (κ3) is 2.67. The Morgan fingerprint density at radius 2 is 2.23 bits per heavy atom. The molecular weight excluding hydrogens is 230 g/mol. The van der Waals surface area contributed by atoms with E-state index in [1.54, 1.807) is 12.1 Å². The maximum absolute atomic E-state index is 11.3. The van der Waals surface area contributed by atoms with Crippen LogP contribution in [-0.4, -0.2) is 5.78 Å². The van der Waals surface area contributed by atoms with E-state index in [-0.39, 0.29) is 12.2 Å². The van der Waals surface area contributed by atoms with Crippen LogP contribution in [0.4, 0.5) is 0 Å². The van der Waals surface area contributed by atoms with Crippen molar-refractivity contribution in [1.29, 1.82) is 5.26 Å². The smallest absolute Gasteiger partial charge is 0.176 e. The Morgan fingerprint density at radius 1 is 1.54 bits per heavy atom. The number of halogens is 1. The van der Waals surface area contributed by atoms with E-state index in [9.17, 15) is 4.79 Å². The van der Waals surface area contributed by atoms with E-state index in [4.69, 9.17) is 5.26 Å². The Morgan fingerprint density at radius 3 is 2.77 bits per heavy atom. The van der Waals surface area contributed by atoms with Gasteiger partial charge in [0.25, 0.3) is 0 Å². The molecule has 0 unspecified atom stereocenters. The number of carbonyl (C=O) groups excluding carboxylic acids is 1. The molecule has 0 aromatic heterocycles. The summed E-state index contributed by atoms with van der Waals surface area (Å²) in [4.78, 5) is 11.3. The number of aryl methyl sites for hydroxylation is 1. The number of nitrogens with zero attached hydrogens (tertiary/aromatic N) is 1. The summed E-state index contributed by atoms with van der Waals surface area (Å²) < 4.78 is 0.869. The summed E-state index contributed by atoms with van der Waals surface area (Å²) in [6.07, 6.45) is -0.0596. The van der Waals surface area contributed by atoms with Crippen molar-refractivity contribution in [2.75, 3.05) is 0 Å². The topological polar surface area (TPSA) is 40.9 Å². The van der Waals surface area contributed by atoms with Crippen molar-refractivity contribution >= 4 is 21.7 Å². The first-order valence-corrected chi connectivity index (χ1v) is 4.60. The van der Waals surface area contributed by atoms with Crippen molar-refractivity contribution < 1.29 is 4.79 Å². The number of rotatable bonds is 2. The summed E-state index contributed by atoms with van der Waals surface area (Å²) in [5, 5.41) is 8.35. The minimum atomic E-state index is -0.132. The molecule has 0 radical (unpaired) electrons. The number of hydrogen-bond donors (Lipinski definition) is 0. The molecule has 0 amide bonds. The lowest BCUT2D eigenvalue weighted by molar-refractivity contribution is 0.0997. The first-order chi connectivity index (χ1) is 6.13. The van der Waals surface area contributed by atoms with Crippen LogP contribution in [-0.2, 0) is 0 Å². The van der Waals surface area contributed by atoms with Gasteiger partial charge in [0.2, 0.25) is 0 Å². The molecule has 0 saturated carbocycles. The summed E-state index contributed by atoms with van der Waals surface area (Å²) in [5.74, 6) is -0.132. The molecule has 0 N–H and O–H groups in total. The average molecular weight is 238 g/mol. The molecular formula is C10H8BrNO. The molecule has 0 bridgehead atoms. The first kappa shape index (κ1) is 9.94. The van der Waals surface area contributed by atoms with Gasteiger partial charge in [-0.3, -0.25) is 4.79 Å². The molecule has 1 rings (SSSR count). The first-order valence-electron chi connectivity index (χ1n) is 3.81. The average Bonchev–Trinajstić information content (AvgIpc) is 2.03. The van der Waals surface area contributed by atoms with E-state index in [2.05, 4.69) is 15.9 Å². The van der Waals surface area contributed by atoms with Crippen LogP contribution >= 0.6 is 15.9 Å². The van der Waals surface area contributed by atoms with Crippen molar-refractivity contribution in [3.63, 3.8) is 0 Å². The lowest BCUT2D eigenvalue weighted by Gasteiger charge is -1.99. The zero-order chi connectivity index (χ0) is 9.84. The van der Waals surface area contributed by atoms with Crippen molar-refractivity contribution in [1.82, 2.24) is 0 Å². The van der Waals surface area contributed by atoms with Crippen molar-refractivity contribution in [2.24, 2.45) is 0 Å². The minimum Gasteiger partial charge on any atom is -0.293 e. The second-order valence-electron chi connectivity index (χ2n) is 2.78. The van der Waals surface area contributed by atoms with Gasteiger partial charge in [-0.05, 0) is 30.7 Å². The van der Waals surface area contributed by atoms with Crippen molar-refractivity contribution in [3.05, 3.63) is 33.8 Å². The summed E-state index contributed by atoms with van der Waals surface area (Å²) in [5.41, 5.74) is 1.60. The molecule has 0 fully saturated rings. The molecule has 0 atom stereocenters. The van der Waals surface area contributed by atoms with Crippen LogP contribution in [0, 0.1) is 18.3 Å². The molecule has 3 heteroatoms. The monoisotopic (exact) mass is 237 g/mol. The quantitative estimate of drug-likeness (QED) is 0.743. The number of Topliss-reactive ketones (excluding diaryl/α,β-unsaturated/α-hetero) is 1. The number of hydrogen-bond acceptors (Lipinski definition) is 2. The van der Waals surface area contributed by atoms with E-state index < -0.39 is 0 Å². The van der Waals surface area contributed by atoms with Crippen LogP contribution in [0.1, 0.15) is 22.3 Å². The Bertz CT molecular complexity index is 359. The maximum atomic E-state index is 11.3. The lowest BCUT2D eigenvalue weighted by Crippen LogP contribution is -1.97. The number of benzene rings is 1. The standard InChI is InChI=1S/C10H8BrNO/c1-7-4-8(6-9(11)5-7)10(13)2-3-12/h4-6H,2H2,1H3. The maximum Gasteiger partial charge on any atom is 0.176 e. The second-order valence-corrected chi connectivity index (χ2v) is 3.69. The Hall–Kier alpha value is -1.14. The van der Waals surface area contributed by atoms with Gasteiger partial charge in [-0.25, -0.2) is 0 Å². The van der Waals surface area contributed by atoms with Gasteiger partial charge in [-0.1, -0.05) is 15.9 Å². The Balaban J connectivity index is 3.02. The van der Waals surface area contributed by atoms with Crippen LogP contribution in [0.2, 0.25) is 0 Å². The zero-order valence-electron chi connectivity index (χ0n) is 7.17. The summed E-state index contributed by atoms with van der Waals surface area (Å²) in [7, 11) is 0. The zero-order valence-corrected chi connectivity index (χ0v) is 8.76. The highest BCUT2D eigenvalue weighted by Gasteiger charge is 2.05. The third-order valence-corrected chi connectivity index (χ3v) is 2.06. The third-order valence-electron chi connectivity index (χ3n) is 1.60. The number of carbonyl (C=O) groups is 1. The molecule has 0 aliphatic carbocycles. The summed E-state index contributed by atoms with van der Waals surface area (Å²) >= 11 is 3.30. The highest BCUT2D eigenvalue weighted by Crippen LogP contribution is 2.16. The fraction of sp³-hybridized carbons (Fsp3) is 0.200. The van der Waals surface area contributed by atoms with Crippen LogP contribution < -0.4 is 0 Å². The Labute approximate surface area is 85.3 Å². The molecule has 1 aromatic rings. The van der Waals surface area contributed by atoms with E-state index in [0.29, 0.717) is 5.56 Å². The molecule has 66 valence electrons. The van der Waals surface area contributed by atoms with Crippen molar-refractivity contribution in [2.45, 2.75) is 13.3 Å². The van der Waals surface area contributed by atoms with Gasteiger partial charge in [0, 0.05) is 10.0 Å².